The van der Waals surface area contributed by atoms with Gasteiger partial charge in [-0.3, -0.25) is 4.68 Å². The van der Waals surface area contributed by atoms with E-state index in [1.165, 1.54) is 10.4 Å². The third kappa shape index (κ3) is 3.71. The molecule has 1 unspecified atom stereocenters. The van der Waals surface area contributed by atoms with E-state index in [2.05, 4.69) is 5.10 Å². The lowest BCUT2D eigenvalue weighted by Gasteiger charge is -2.32. The topological polar surface area (TPSA) is 88.2 Å². The summed E-state index contributed by atoms with van der Waals surface area (Å²) in [4.78, 5) is -0.0963. The van der Waals surface area contributed by atoms with Crippen molar-refractivity contribution in [2.75, 3.05) is 19.7 Å². The molecule has 1 aliphatic heterocycles. The van der Waals surface area contributed by atoms with E-state index in [0.717, 1.165) is 17.7 Å². The number of nitrogens with zero attached hydrogens (tertiary/aromatic N) is 4. The van der Waals surface area contributed by atoms with Crippen molar-refractivity contribution in [2.24, 2.45) is 0 Å². The maximum atomic E-state index is 13.4. The van der Waals surface area contributed by atoms with Crippen LogP contribution in [0.1, 0.15) is 11.1 Å². The molecule has 1 fully saturated rings. The average molecular weight is 364 g/mol. The molecule has 0 N–H and O–H groups in total. The van der Waals surface area contributed by atoms with Gasteiger partial charge >= 0.3 is 0 Å². The molecule has 0 spiro atoms. The van der Waals surface area contributed by atoms with Gasteiger partial charge in [0.05, 0.1) is 35.9 Å². The number of nitriles is 1. The van der Waals surface area contributed by atoms with Gasteiger partial charge in [-0.15, -0.1) is 0 Å². The fourth-order valence-corrected chi connectivity index (χ4v) is 4.18. The second kappa shape index (κ2) is 6.92. The third-order valence-corrected chi connectivity index (χ3v) is 5.81. The summed E-state index contributed by atoms with van der Waals surface area (Å²) in [5, 5.41) is 13.1. The highest BCUT2D eigenvalue weighted by molar-refractivity contribution is 7.89. The van der Waals surface area contributed by atoms with E-state index in [0.29, 0.717) is 6.54 Å². The molecule has 1 atom stereocenters. The Morgan fingerprint density at radius 3 is 2.96 bits per heavy atom. The van der Waals surface area contributed by atoms with Crippen LogP contribution < -0.4 is 0 Å². The van der Waals surface area contributed by atoms with Crippen molar-refractivity contribution in [3.8, 4) is 6.07 Å². The van der Waals surface area contributed by atoms with Crippen LogP contribution in [0.25, 0.3) is 0 Å². The number of ether oxygens (including phenoxy) is 1. The summed E-state index contributed by atoms with van der Waals surface area (Å²) < 4.78 is 47.7. The second-order valence-corrected chi connectivity index (χ2v) is 7.79. The molecule has 2 heterocycles. The summed E-state index contributed by atoms with van der Waals surface area (Å²) in [6, 6.07) is 4.89. The number of benzene rings is 1. The zero-order valence-corrected chi connectivity index (χ0v) is 14.4. The highest BCUT2D eigenvalue weighted by Crippen LogP contribution is 2.21. The van der Waals surface area contributed by atoms with E-state index in [1.807, 2.05) is 13.1 Å². The van der Waals surface area contributed by atoms with Crippen LogP contribution in [0.15, 0.2) is 35.5 Å². The van der Waals surface area contributed by atoms with Crippen LogP contribution >= 0.6 is 0 Å². The highest BCUT2D eigenvalue weighted by Gasteiger charge is 2.31. The molecule has 0 bridgehead atoms. The molecular weight excluding hydrogens is 347 g/mol. The summed E-state index contributed by atoms with van der Waals surface area (Å²) >= 11 is 0. The van der Waals surface area contributed by atoms with Gasteiger partial charge in [0, 0.05) is 19.3 Å². The lowest BCUT2D eigenvalue weighted by atomic mass is 10.2. The molecule has 0 amide bonds. The zero-order valence-electron chi connectivity index (χ0n) is 13.6. The average Bonchev–Trinajstić information content (AvgIpc) is 3.00. The van der Waals surface area contributed by atoms with Crippen molar-refractivity contribution in [3.63, 3.8) is 0 Å². The van der Waals surface area contributed by atoms with Gasteiger partial charge in [-0.2, -0.15) is 14.7 Å². The molecule has 1 aromatic heterocycles. The first-order valence-corrected chi connectivity index (χ1v) is 9.14. The molecule has 1 saturated heterocycles. The van der Waals surface area contributed by atoms with Crippen LogP contribution in [0.2, 0.25) is 0 Å². The van der Waals surface area contributed by atoms with Crippen LogP contribution in [0, 0.1) is 24.1 Å². The van der Waals surface area contributed by atoms with Gasteiger partial charge in [0.1, 0.15) is 11.9 Å². The monoisotopic (exact) mass is 364 g/mol. The lowest BCUT2D eigenvalue weighted by Crippen LogP contribution is -2.47. The fourth-order valence-electron chi connectivity index (χ4n) is 2.70. The Labute approximate surface area is 145 Å². The maximum absolute atomic E-state index is 13.4. The van der Waals surface area contributed by atoms with Crippen LogP contribution in [-0.2, 0) is 21.3 Å². The Bertz CT molecular complexity index is 920. The van der Waals surface area contributed by atoms with E-state index >= 15 is 0 Å². The van der Waals surface area contributed by atoms with Crippen LogP contribution in [0.4, 0.5) is 4.39 Å². The molecule has 0 saturated carbocycles. The molecule has 132 valence electrons. The van der Waals surface area contributed by atoms with Gasteiger partial charge in [0.25, 0.3) is 0 Å². The Balaban J connectivity index is 1.79. The summed E-state index contributed by atoms with van der Waals surface area (Å²) in [6.45, 7) is 2.99. The SMILES string of the molecule is Cc1cnn(CC2CN(S(=O)(=O)c3ccc(F)c(C#N)c3)CCO2)c1. The van der Waals surface area contributed by atoms with Gasteiger partial charge in [0.2, 0.25) is 10.0 Å². The van der Waals surface area contributed by atoms with Crippen molar-refractivity contribution in [3.05, 3.63) is 47.5 Å². The summed E-state index contributed by atoms with van der Waals surface area (Å²) in [5.74, 6) is -0.740. The van der Waals surface area contributed by atoms with E-state index < -0.39 is 15.8 Å². The predicted octanol–water partition coefficient (Wildman–Crippen LogP) is 1.29. The molecule has 25 heavy (non-hydrogen) atoms. The number of hydrogen-bond acceptors (Lipinski definition) is 5. The highest BCUT2D eigenvalue weighted by atomic mass is 32.2. The fraction of sp³-hybridized carbons (Fsp3) is 0.375. The summed E-state index contributed by atoms with van der Waals surface area (Å²) in [5.41, 5.74) is 0.716. The standard InChI is InChI=1S/C16H17FN4O3S/c1-12-8-19-20(9-12)10-14-11-21(4-5-24-14)25(22,23)15-2-3-16(17)13(6-15)7-18/h2-3,6,8-9,14H,4-5,10-11H2,1H3. The minimum absolute atomic E-state index is 0.0963. The largest absolute Gasteiger partial charge is 0.374 e. The zero-order chi connectivity index (χ0) is 18.0. The molecule has 9 heteroatoms. The first-order valence-electron chi connectivity index (χ1n) is 7.70. The van der Waals surface area contributed by atoms with Crippen molar-refractivity contribution in [2.45, 2.75) is 24.5 Å². The number of aromatic nitrogens is 2. The number of hydrogen-bond donors (Lipinski definition) is 0. The van der Waals surface area contributed by atoms with Crippen molar-refractivity contribution >= 4 is 10.0 Å². The molecular formula is C16H17FN4O3S. The minimum Gasteiger partial charge on any atom is -0.374 e. The molecule has 0 aliphatic carbocycles. The summed E-state index contributed by atoms with van der Waals surface area (Å²) in [7, 11) is -3.83. The first kappa shape index (κ1) is 17.5. The lowest BCUT2D eigenvalue weighted by molar-refractivity contribution is -0.0120. The number of morpholine rings is 1. The Hall–Kier alpha value is -2.28. The summed E-state index contributed by atoms with van der Waals surface area (Å²) in [6.07, 6.45) is 3.24. The maximum Gasteiger partial charge on any atom is 0.243 e. The predicted molar refractivity (Wildman–Crippen MR) is 86.6 cm³/mol. The van der Waals surface area contributed by atoms with E-state index in [-0.39, 0.29) is 36.3 Å². The van der Waals surface area contributed by atoms with E-state index in [4.69, 9.17) is 10.00 Å². The smallest absolute Gasteiger partial charge is 0.243 e. The third-order valence-electron chi connectivity index (χ3n) is 3.95. The van der Waals surface area contributed by atoms with Crippen molar-refractivity contribution in [1.82, 2.24) is 14.1 Å². The van der Waals surface area contributed by atoms with Crippen molar-refractivity contribution in [1.29, 1.82) is 5.26 Å². The normalized spacial score (nSPS) is 18.8. The van der Waals surface area contributed by atoms with Gasteiger partial charge < -0.3 is 4.74 Å². The minimum atomic E-state index is -3.83. The Morgan fingerprint density at radius 1 is 1.48 bits per heavy atom. The number of sulfonamides is 1. The van der Waals surface area contributed by atoms with Gasteiger partial charge in [-0.1, -0.05) is 0 Å². The first-order chi connectivity index (χ1) is 11.9. The Morgan fingerprint density at radius 2 is 2.28 bits per heavy atom. The molecule has 1 aromatic carbocycles. The molecule has 7 nitrogen and oxygen atoms in total. The van der Waals surface area contributed by atoms with Gasteiger partial charge in [-0.05, 0) is 30.7 Å². The molecule has 1 aliphatic rings. The molecule has 0 radical (unpaired) electrons. The number of rotatable bonds is 4. The van der Waals surface area contributed by atoms with E-state index in [9.17, 15) is 12.8 Å². The van der Waals surface area contributed by atoms with Crippen molar-refractivity contribution < 1.29 is 17.5 Å². The number of halogens is 1. The number of aryl methyl sites for hydroxylation is 1. The van der Waals surface area contributed by atoms with Crippen LogP contribution in [0.5, 0.6) is 0 Å². The van der Waals surface area contributed by atoms with Crippen LogP contribution in [-0.4, -0.2) is 48.3 Å². The van der Waals surface area contributed by atoms with Gasteiger partial charge in [-0.25, -0.2) is 12.8 Å². The van der Waals surface area contributed by atoms with Gasteiger partial charge in [0.15, 0.2) is 0 Å². The second-order valence-electron chi connectivity index (χ2n) is 5.85. The molecule has 2 aromatic rings. The Kier molecular flexibility index (Phi) is 4.85. The van der Waals surface area contributed by atoms with E-state index in [1.54, 1.807) is 16.9 Å². The molecule has 3 rings (SSSR count). The van der Waals surface area contributed by atoms with Crippen LogP contribution in [0.3, 0.4) is 0 Å². The quantitative estimate of drug-likeness (QED) is 0.816.